The molecule has 94 valence electrons. The molecule has 0 unspecified atom stereocenters. The number of benzene rings is 1. The monoisotopic (exact) mass is 316 g/mol. The van der Waals surface area contributed by atoms with Crippen molar-refractivity contribution in [3.63, 3.8) is 0 Å². The van der Waals surface area contributed by atoms with Gasteiger partial charge in [-0.25, -0.2) is 18.2 Å². The predicted molar refractivity (Wildman–Crippen MR) is 65.6 cm³/mol. The van der Waals surface area contributed by atoms with Crippen LogP contribution in [0, 0.1) is 17.5 Å². The maximum Gasteiger partial charge on any atom is 0.166 e. The number of hydrogen-bond donors (Lipinski definition) is 1. The zero-order valence-corrected chi connectivity index (χ0v) is 10.6. The molecule has 0 aliphatic carbocycles. The fourth-order valence-corrected chi connectivity index (χ4v) is 1.71. The van der Waals surface area contributed by atoms with E-state index in [0.717, 1.165) is 18.2 Å². The quantitative estimate of drug-likeness (QED) is 0.929. The Labute approximate surface area is 110 Å². The van der Waals surface area contributed by atoms with Crippen LogP contribution in [0.2, 0.25) is 0 Å². The molecule has 0 spiro atoms. The van der Waals surface area contributed by atoms with Crippen molar-refractivity contribution in [3.8, 4) is 0 Å². The topological polar surface area (TPSA) is 24.9 Å². The van der Waals surface area contributed by atoms with Gasteiger partial charge in [-0.05, 0) is 40.2 Å². The molecule has 0 aliphatic rings. The second kappa shape index (κ2) is 5.39. The van der Waals surface area contributed by atoms with E-state index < -0.39 is 17.5 Å². The average molecular weight is 317 g/mol. The first-order chi connectivity index (χ1) is 8.56. The Morgan fingerprint density at radius 3 is 2.61 bits per heavy atom. The van der Waals surface area contributed by atoms with E-state index in [0.29, 0.717) is 4.47 Å². The number of aromatic nitrogens is 1. The van der Waals surface area contributed by atoms with E-state index in [1.807, 2.05) is 0 Å². The first-order valence-corrected chi connectivity index (χ1v) is 5.84. The SMILES string of the molecule is Fc1ccc(F)c(CNc2ncc(Br)cc2F)c1. The van der Waals surface area contributed by atoms with Crippen LogP contribution in [-0.2, 0) is 6.54 Å². The summed E-state index contributed by atoms with van der Waals surface area (Å²) < 4.78 is 40.1. The fourth-order valence-electron chi connectivity index (χ4n) is 1.40. The Hall–Kier alpha value is -1.56. The number of hydrogen-bond acceptors (Lipinski definition) is 2. The van der Waals surface area contributed by atoms with Crippen molar-refractivity contribution in [2.75, 3.05) is 5.32 Å². The van der Waals surface area contributed by atoms with Crippen molar-refractivity contribution in [2.24, 2.45) is 0 Å². The number of pyridine rings is 1. The third-order valence-corrected chi connectivity index (χ3v) is 2.70. The van der Waals surface area contributed by atoms with Gasteiger partial charge >= 0.3 is 0 Å². The van der Waals surface area contributed by atoms with Crippen LogP contribution in [0.5, 0.6) is 0 Å². The Morgan fingerprint density at radius 1 is 1.11 bits per heavy atom. The van der Waals surface area contributed by atoms with Crippen LogP contribution >= 0.6 is 15.9 Å². The highest BCUT2D eigenvalue weighted by Crippen LogP contribution is 2.17. The molecule has 2 nitrogen and oxygen atoms in total. The molecule has 2 aromatic rings. The Balaban J connectivity index is 2.13. The van der Waals surface area contributed by atoms with Gasteiger partial charge in [0.05, 0.1) is 0 Å². The van der Waals surface area contributed by atoms with Gasteiger partial charge in [0.1, 0.15) is 11.6 Å². The lowest BCUT2D eigenvalue weighted by atomic mass is 10.2. The molecule has 1 heterocycles. The van der Waals surface area contributed by atoms with E-state index in [1.165, 1.54) is 12.3 Å². The highest BCUT2D eigenvalue weighted by Gasteiger charge is 2.07. The molecule has 0 radical (unpaired) electrons. The van der Waals surface area contributed by atoms with Crippen LogP contribution in [-0.4, -0.2) is 4.98 Å². The molecule has 0 fully saturated rings. The summed E-state index contributed by atoms with van der Waals surface area (Å²) in [4.78, 5) is 3.80. The van der Waals surface area contributed by atoms with Crippen molar-refractivity contribution in [2.45, 2.75) is 6.54 Å². The molecular weight excluding hydrogens is 309 g/mol. The Kier molecular flexibility index (Phi) is 3.86. The average Bonchev–Trinajstić information content (AvgIpc) is 2.32. The molecule has 0 amide bonds. The molecule has 18 heavy (non-hydrogen) atoms. The second-order valence-electron chi connectivity index (χ2n) is 3.57. The van der Waals surface area contributed by atoms with Crippen molar-refractivity contribution >= 4 is 21.7 Å². The highest BCUT2D eigenvalue weighted by atomic mass is 79.9. The smallest absolute Gasteiger partial charge is 0.166 e. The molecule has 1 N–H and O–H groups in total. The van der Waals surface area contributed by atoms with Crippen LogP contribution in [0.25, 0.3) is 0 Å². The van der Waals surface area contributed by atoms with Gasteiger partial charge < -0.3 is 5.32 Å². The van der Waals surface area contributed by atoms with Gasteiger partial charge in [-0.15, -0.1) is 0 Å². The summed E-state index contributed by atoms with van der Waals surface area (Å²) in [6.07, 6.45) is 1.41. The molecule has 2 rings (SSSR count). The lowest BCUT2D eigenvalue weighted by molar-refractivity contribution is 0.586. The minimum Gasteiger partial charge on any atom is -0.363 e. The second-order valence-corrected chi connectivity index (χ2v) is 4.49. The molecule has 6 heteroatoms. The van der Waals surface area contributed by atoms with Crippen molar-refractivity contribution in [3.05, 3.63) is 58.0 Å². The van der Waals surface area contributed by atoms with Gasteiger partial charge in [0.15, 0.2) is 11.6 Å². The molecule has 1 aromatic heterocycles. The Bertz CT molecular complexity index is 575. The number of nitrogens with zero attached hydrogens (tertiary/aromatic N) is 1. The van der Waals surface area contributed by atoms with Gasteiger partial charge in [0.2, 0.25) is 0 Å². The van der Waals surface area contributed by atoms with E-state index in [9.17, 15) is 13.2 Å². The lowest BCUT2D eigenvalue weighted by Gasteiger charge is -2.07. The predicted octanol–water partition coefficient (Wildman–Crippen LogP) is 3.87. The number of nitrogens with one attached hydrogen (secondary N) is 1. The standard InChI is InChI=1S/C12H8BrF3N2/c13-8-4-11(16)12(18-6-8)17-5-7-3-9(14)1-2-10(7)15/h1-4,6H,5H2,(H,17,18). The maximum atomic E-state index is 13.4. The van der Waals surface area contributed by atoms with Gasteiger partial charge in [0, 0.05) is 22.8 Å². The fraction of sp³-hybridized carbons (Fsp3) is 0.0833. The van der Waals surface area contributed by atoms with Gasteiger partial charge in [-0.1, -0.05) is 0 Å². The van der Waals surface area contributed by atoms with Gasteiger partial charge in [-0.3, -0.25) is 0 Å². The van der Waals surface area contributed by atoms with Gasteiger partial charge in [0.25, 0.3) is 0 Å². The van der Waals surface area contributed by atoms with Crippen molar-refractivity contribution in [1.82, 2.24) is 4.98 Å². The number of anilines is 1. The summed E-state index contributed by atoms with van der Waals surface area (Å²) in [5, 5.41) is 2.61. The zero-order chi connectivity index (χ0) is 13.1. The first-order valence-electron chi connectivity index (χ1n) is 5.05. The third kappa shape index (κ3) is 3.01. The molecule has 0 atom stereocenters. The van der Waals surface area contributed by atoms with E-state index in [2.05, 4.69) is 26.2 Å². The van der Waals surface area contributed by atoms with Crippen molar-refractivity contribution < 1.29 is 13.2 Å². The summed E-state index contributed by atoms with van der Waals surface area (Å²) >= 11 is 3.07. The summed E-state index contributed by atoms with van der Waals surface area (Å²) in [5.74, 6) is -1.68. The summed E-state index contributed by atoms with van der Waals surface area (Å²) in [5.41, 5.74) is 0.110. The summed E-state index contributed by atoms with van der Waals surface area (Å²) in [6.45, 7) is -0.0465. The largest absolute Gasteiger partial charge is 0.363 e. The molecule has 0 aliphatic heterocycles. The number of rotatable bonds is 3. The maximum absolute atomic E-state index is 13.4. The molecule has 1 aromatic carbocycles. The van der Waals surface area contributed by atoms with Crippen LogP contribution in [0.4, 0.5) is 19.0 Å². The summed E-state index contributed by atoms with van der Waals surface area (Å²) in [6, 6.07) is 4.34. The normalized spacial score (nSPS) is 10.4. The first kappa shape index (κ1) is 12.9. The summed E-state index contributed by atoms with van der Waals surface area (Å²) in [7, 11) is 0. The van der Waals surface area contributed by atoms with Gasteiger partial charge in [-0.2, -0.15) is 0 Å². The van der Waals surface area contributed by atoms with E-state index in [4.69, 9.17) is 0 Å². The molecule has 0 bridgehead atoms. The van der Waals surface area contributed by atoms with Crippen LogP contribution < -0.4 is 5.32 Å². The van der Waals surface area contributed by atoms with Crippen LogP contribution in [0.3, 0.4) is 0 Å². The molecular formula is C12H8BrF3N2. The van der Waals surface area contributed by atoms with Crippen LogP contribution in [0.15, 0.2) is 34.9 Å². The van der Waals surface area contributed by atoms with E-state index >= 15 is 0 Å². The number of halogens is 4. The zero-order valence-electron chi connectivity index (χ0n) is 9.05. The van der Waals surface area contributed by atoms with E-state index in [-0.39, 0.29) is 17.9 Å². The Morgan fingerprint density at radius 2 is 1.89 bits per heavy atom. The van der Waals surface area contributed by atoms with Crippen LogP contribution in [0.1, 0.15) is 5.56 Å². The molecule has 0 saturated carbocycles. The minimum absolute atomic E-state index is 0.0122. The van der Waals surface area contributed by atoms with Crippen molar-refractivity contribution in [1.29, 1.82) is 0 Å². The lowest BCUT2D eigenvalue weighted by Crippen LogP contribution is -2.05. The van der Waals surface area contributed by atoms with E-state index in [1.54, 1.807) is 0 Å². The third-order valence-electron chi connectivity index (χ3n) is 2.26. The molecule has 0 saturated heterocycles. The highest BCUT2D eigenvalue weighted by molar-refractivity contribution is 9.10. The minimum atomic E-state index is -0.568.